The fourth-order valence-electron chi connectivity index (χ4n) is 3.20. The number of amides is 2. The number of hydrogen-bond acceptors (Lipinski definition) is 4. The van der Waals surface area contributed by atoms with Gasteiger partial charge in [0, 0.05) is 32.4 Å². The number of piperazine rings is 1. The number of carbonyl (C=O) groups excluding carboxylic acids is 2. The molecule has 1 fully saturated rings. The molecule has 144 valence electrons. The molecule has 1 saturated heterocycles. The van der Waals surface area contributed by atoms with E-state index >= 15 is 0 Å². The molecular weight excluding hydrogens is 363 g/mol. The zero-order valence-electron chi connectivity index (χ0n) is 15.1. The first-order valence-corrected chi connectivity index (χ1v) is 8.99. The summed E-state index contributed by atoms with van der Waals surface area (Å²) in [7, 11) is 0. The maximum atomic E-state index is 12.9. The Labute approximate surface area is 160 Å². The van der Waals surface area contributed by atoms with Crippen molar-refractivity contribution in [1.29, 1.82) is 0 Å². The highest BCUT2D eigenvalue weighted by atomic mass is 19.1. The molecular formula is C20H19FN4O3. The van der Waals surface area contributed by atoms with E-state index in [4.69, 9.17) is 4.74 Å². The fourth-order valence-corrected chi connectivity index (χ4v) is 3.20. The predicted octanol–water partition coefficient (Wildman–Crippen LogP) is 1.84. The van der Waals surface area contributed by atoms with E-state index in [1.54, 1.807) is 26.7 Å². The molecule has 28 heavy (non-hydrogen) atoms. The Kier molecular flexibility index (Phi) is 4.92. The van der Waals surface area contributed by atoms with Crippen molar-refractivity contribution in [1.82, 2.24) is 19.4 Å². The molecule has 1 aliphatic rings. The van der Waals surface area contributed by atoms with E-state index < -0.39 is 0 Å². The summed E-state index contributed by atoms with van der Waals surface area (Å²) in [4.78, 5) is 28.5. The van der Waals surface area contributed by atoms with E-state index in [1.165, 1.54) is 24.3 Å². The molecule has 0 saturated carbocycles. The number of nitrogens with zero attached hydrogens (tertiary/aromatic N) is 4. The number of aromatic nitrogens is 2. The SMILES string of the molecule is O=C(COc1ccc(F)cc1)N1CCN(C(=O)c2cnn3ccccc23)CC1. The molecule has 7 nitrogen and oxygen atoms in total. The summed E-state index contributed by atoms with van der Waals surface area (Å²) in [5.74, 6) is -0.161. The van der Waals surface area contributed by atoms with E-state index in [2.05, 4.69) is 5.10 Å². The third-order valence-corrected chi connectivity index (χ3v) is 4.75. The minimum Gasteiger partial charge on any atom is -0.484 e. The second kappa shape index (κ2) is 7.67. The summed E-state index contributed by atoms with van der Waals surface area (Å²) in [6.45, 7) is 1.66. The van der Waals surface area contributed by atoms with Gasteiger partial charge in [0.05, 0.1) is 17.3 Å². The van der Waals surface area contributed by atoms with E-state index in [0.717, 1.165) is 5.52 Å². The summed E-state index contributed by atoms with van der Waals surface area (Å²) in [5, 5.41) is 4.20. The maximum absolute atomic E-state index is 12.9. The van der Waals surface area contributed by atoms with Crippen LogP contribution in [0, 0.1) is 5.82 Å². The number of benzene rings is 1. The Morgan fingerprint density at radius 3 is 2.46 bits per heavy atom. The van der Waals surface area contributed by atoms with Gasteiger partial charge in [-0.2, -0.15) is 5.10 Å². The van der Waals surface area contributed by atoms with Gasteiger partial charge in [-0.15, -0.1) is 0 Å². The van der Waals surface area contributed by atoms with E-state index in [-0.39, 0.29) is 24.2 Å². The molecule has 8 heteroatoms. The Morgan fingerprint density at radius 1 is 1.00 bits per heavy atom. The molecule has 4 rings (SSSR count). The van der Waals surface area contributed by atoms with Crippen LogP contribution in [0.1, 0.15) is 10.4 Å². The first-order chi connectivity index (χ1) is 13.6. The fraction of sp³-hybridized carbons (Fsp3) is 0.250. The third kappa shape index (κ3) is 3.66. The number of carbonyl (C=O) groups is 2. The van der Waals surface area contributed by atoms with Crippen LogP contribution in [0.3, 0.4) is 0 Å². The zero-order chi connectivity index (χ0) is 19.5. The van der Waals surface area contributed by atoms with Gasteiger partial charge in [0.15, 0.2) is 6.61 Å². The summed E-state index contributed by atoms with van der Waals surface area (Å²) >= 11 is 0. The van der Waals surface area contributed by atoms with Crippen molar-refractivity contribution < 1.29 is 18.7 Å². The number of halogens is 1. The number of rotatable bonds is 4. The molecule has 2 amide bonds. The van der Waals surface area contributed by atoms with Crippen LogP contribution in [0.5, 0.6) is 5.75 Å². The highest BCUT2D eigenvalue weighted by molar-refractivity contribution is 6.00. The van der Waals surface area contributed by atoms with Gasteiger partial charge in [-0.25, -0.2) is 8.91 Å². The molecule has 3 aromatic rings. The van der Waals surface area contributed by atoms with Gasteiger partial charge in [0.2, 0.25) is 0 Å². The molecule has 0 spiro atoms. The lowest BCUT2D eigenvalue weighted by molar-refractivity contribution is -0.134. The Morgan fingerprint density at radius 2 is 1.71 bits per heavy atom. The van der Waals surface area contributed by atoms with Gasteiger partial charge in [0.25, 0.3) is 11.8 Å². The van der Waals surface area contributed by atoms with Crippen molar-refractivity contribution in [3.63, 3.8) is 0 Å². The predicted molar refractivity (Wildman–Crippen MR) is 99.6 cm³/mol. The topological polar surface area (TPSA) is 67.2 Å². The summed E-state index contributed by atoms with van der Waals surface area (Å²) in [6, 6.07) is 11.1. The van der Waals surface area contributed by atoms with Crippen molar-refractivity contribution in [2.24, 2.45) is 0 Å². The lowest BCUT2D eigenvalue weighted by Crippen LogP contribution is -2.51. The summed E-state index contributed by atoms with van der Waals surface area (Å²) in [5.41, 5.74) is 1.32. The number of pyridine rings is 1. The molecule has 0 unspecified atom stereocenters. The Hall–Kier alpha value is -3.42. The molecule has 0 aliphatic carbocycles. The molecule has 0 atom stereocenters. The molecule has 1 aromatic carbocycles. The van der Waals surface area contributed by atoms with Gasteiger partial charge >= 0.3 is 0 Å². The standard InChI is InChI=1S/C20H19FN4O3/c21-15-4-6-16(7-5-15)28-14-19(26)23-9-11-24(12-10-23)20(27)17-13-22-25-8-2-1-3-18(17)25/h1-8,13H,9-12,14H2. The number of hydrogen-bond donors (Lipinski definition) is 0. The van der Waals surface area contributed by atoms with Crippen molar-refractivity contribution in [3.8, 4) is 5.75 Å². The Balaban J connectivity index is 1.32. The molecule has 1 aliphatic heterocycles. The van der Waals surface area contributed by atoms with Crippen LogP contribution in [0.4, 0.5) is 4.39 Å². The van der Waals surface area contributed by atoms with Crippen molar-refractivity contribution in [2.75, 3.05) is 32.8 Å². The van der Waals surface area contributed by atoms with Crippen molar-refractivity contribution in [3.05, 3.63) is 66.2 Å². The second-order valence-electron chi connectivity index (χ2n) is 6.50. The van der Waals surface area contributed by atoms with Gasteiger partial charge in [-0.05, 0) is 36.4 Å². The van der Waals surface area contributed by atoms with Crippen LogP contribution in [-0.2, 0) is 4.79 Å². The average Bonchev–Trinajstić information content (AvgIpc) is 3.17. The lowest BCUT2D eigenvalue weighted by atomic mass is 10.2. The Bertz CT molecular complexity index is 994. The highest BCUT2D eigenvalue weighted by Gasteiger charge is 2.26. The minimum atomic E-state index is -0.356. The molecule has 2 aromatic heterocycles. The first-order valence-electron chi connectivity index (χ1n) is 8.99. The summed E-state index contributed by atoms with van der Waals surface area (Å²) < 4.78 is 20.0. The quantitative estimate of drug-likeness (QED) is 0.691. The van der Waals surface area contributed by atoms with Crippen LogP contribution in [-0.4, -0.2) is 64.0 Å². The van der Waals surface area contributed by atoms with Crippen molar-refractivity contribution >= 4 is 17.3 Å². The van der Waals surface area contributed by atoms with Crippen molar-refractivity contribution in [2.45, 2.75) is 0 Å². The van der Waals surface area contributed by atoms with E-state index in [1.807, 2.05) is 18.2 Å². The molecule has 0 bridgehead atoms. The average molecular weight is 382 g/mol. The van der Waals surface area contributed by atoms with Gasteiger partial charge < -0.3 is 14.5 Å². The number of fused-ring (bicyclic) bond motifs is 1. The largest absolute Gasteiger partial charge is 0.484 e. The van der Waals surface area contributed by atoms with Crippen LogP contribution >= 0.6 is 0 Å². The lowest BCUT2D eigenvalue weighted by Gasteiger charge is -2.34. The van der Waals surface area contributed by atoms with Crippen LogP contribution in [0.25, 0.3) is 5.52 Å². The zero-order valence-corrected chi connectivity index (χ0v) is 15.1. The smallest absolute Gasteiger partial charge is 0.260 e. The van der Waals surface area contributed by atoms with Crippen LogP contribution in [0.15, 0.2) is 54.9 Å². The second-order valence-corrected chi connectivity index (χ2v) is 6.50. The minimum absolute atomic E-state index is 0.0872. The monoisotopic (exact) mass is 382 g/mol. The summed E-state index contributed by atoms with van der Waals surface area (Å²) in [6.07, 6.45) is 3.37. The van der Waals surface area contributed by atoms with Crippen LogP contribution in [0.2, 0.25) is 0 Å². The van der Waals surface area contributed by atoms with E-state index in [9.17, 15) is 14.0 Å². The first kappa shape index (κ1) is 18.0. The maximum Gasteiger partial charge on any atom is 0.260 e. The molecule has 0 radical (unpaired) electrons. The van der Waals surface area contributed by atoms with Gasteiger partial charge in [-0.3, -0.25) is 9.59 Å². The van der Waals surface area contributed by atoms with Gasteiger partial charge in [0.1, 0.15) is 11.6 Å². The third-order valence-electron chi connectivity index (χ3n) is 4.75. The highest BCUT2D eigenvalue weighted by Crippen LogP contribution is 2.15. The molecule has 3 heterocycles. The van der Waals surface area contributed by atoms with Crippen LogP contribution < -0.4 is 4.74 Å². The van der Waals surface area contributed by atoms with E-state index in [0.29, 0.717) is 37.5 Å². The normalized spacial score (nSPS) is 14.3. The van der Waals surface area contributed by atoms with Gasteiger partial charge in [-0.1, -0.05) is 6.07 Å². The number of ether oxygens (including phenoxy) is 1. The molecule has 0 N–H and O–H groups in total.